The molecule has 0 unspecified atom stereocenters. The third-order valence-electron chi connectivity index (χ3n) is 4.61. The van der Waals surface area contributed by atoms with Crippen molar-refractivity contribution in [3.63, 3.8) is 0 Å². The maximum Gasteiger partial charge on any atom is 0.244 e. The summed E-state index contributed by atoms with van der Waals surface area (Å²) in [7, 11) is 0. The van der Waals surface area contributed by atoms with Crippen molar-refractivity contribution in [1.82, 2.24) is 10.2 Å². The van der Waals surface area contributed by atoms with Crippen LogP contribution < -0.4 is 15.2 Å². The van der Waals surface area contributed by atoms with Crippen LogP contribution in [0.4, 0.5) is 4.39 Å². The summed E-state index contributed by atoms with van der Waals surface area (Å²) >= 11 is 0. The molecule has 0 saturated heterocycles. The summed E-state index contributed by atoms with van der Waals surface area (Å²) in [4.78, 5) is 0. The van der Waals surface area contributed by atoms with E-state index in [1.54, 1.807) is 18.2 Å². The van der Waals surface area contributed by atoms with Crippen molar-refractivity contribution in [2.45, 2.75) is 12.8 Å². The number of aromatic nitrogens is 2. The highest BCUT2D eigenvalue weighted by Gasteiger charge is 2.36. The fourth-order valence-corrected chi connectivity index (χ4v) is 3.37. The van der Waals surface area contributed by atoms with Gasteiger partial charge in [0.05, 0.1) is 23.8 Å². The predicted octanol–water partition coefficient (Wildman–Crippen LogP) is 3.83. The quantitative estimate of drug-likeness (QED) is 0.721. The molecule has 1 aliphatic rings. The van der Waals surface area contributed by atoms with Crippen molar-refractivity contribution in [3.8, 4) is 29.0 Å². The van der Waals surface area contributed by atoms with Gasteiger partial charge in [0.15, 0.2) is 0 Å². The number of nitrogens with one attached hydrogen (secondary N) is 1. The number of H-pyrrole nitrogens is 1. The zero-order valence-electron chi connectivity index (χ0n) is 15.1. The van der Waals surface area contributed by atoms with Crippen LogP contribution in [0.15, 0.2) is 60.0 Å². The average Bonchev–Trinajstić information content (AvgIpc) is 3.12. The Morgan fingerprint density at radius 2 is 2.00 bits per heavy atom. The number of rotatable bonds is 4. The van der Waals surface area contributed by atoms with Crippen molar-refractivity contribution in [2.75, 3.05) is 6.61 Å². The smallest absolute Gasteiger partial charge is 0.244 e. The maximum absolute atomic E-state index is 14.6. The second kappa shape index (κ2) is 7.08. The minimum Gasteiger partial charge on any atom is -0.494 e. The number of ether oxygens (including phenoxy) is 2. The molecule has 1 aliphatic heterocycles. The predicted molar refractivity (Wildman–Crippen MR) is 101 cm³/mol. The molecule has 6 nitrogen and oxygen atoms in total. The first-order valence-corrected chi connectivity index (χ1v) is 8.77. The zero-order chi connectivity index (χ0) is 19.7. The molecule has 1 aromatic heterocycles. The summed E-state index contributed by atoms with van der Waals surface area (Å²) in [5.41, 5.74) is 8.41. The highest BCUT2D eigenvalue weighted by molar-refractivity contribution is 5.71. The molecule has 3 N–H and O–H groups in total. The van der Waals surface area contributed by atoms with Gasteiger partial charge in [0, 0.05) is 11.1 Å². The molecule has 1 atom stereocenters. The molecule has 0 bridgehead atoms. The Morgan fingerprint density at radius 3 is 2.68 bits per heavy atom. The molecule has 0 amide bonds. The van der Waals surface area contributed by atoms with E-state index in [0.717, 1.165) is 11.3 Å². The molecule has 0 fully saturated rings. The van der Waals surface area contributed by atoms with Crippen molar-refractivity contribution >= 4 is 0 Å². The molecule has 0 aliphatic carbocycles. The van der Waals surface area contributed by atoms with Crippen LogP contribution in [-0.2, 0) is 0 Å². The lowest BCUT2D eigenvalue weighted by atomic mass is 9.83. The van der Waals surface area contributed by atoms with Crippen LogP contribution >= 0.6 is 0 Å². The summed E-state index contributed by atoms with van der Waals surface area (Å²) < 4.78 is 25.6. The Kier molecular flexibility index (Phi) is 4.45. The summed E-state index contributed by atoms with van der Waals surface area (Å²) in [5.74, 6) is -0.264. The summed E-state index contributed by atoms with van der Waals surface area (Å²) in [6.07, 6.45) is 0. The number of nitrogens with two attached hydrogens (primary N) is 1. The van der Waals surface area contributed by atoms with Crippen molar-refractivity contribution in [3.05, 3.63) is 76.9 Å². The number of hydrogen-bond donors (Lipinski definition) is 2. The highest BCUT2D eigenvalue weighted by atomic mass is 19.1. The number of nitrogens with zero attached hydrogens (tertiary/aromatic N) is 2. The summed E-state index contributed by atoms with van der Waals surface area (Å²) in [5, 5.41) is 16.8. The van der Waals surface area contributed by atoms with E-state index < -0.39 is 11.7 Å². The lowest BCUT2D eigenvalue weighted by Gasteiger charge is -2.24. The standard InChI is InChI=1S/C21H17FN4O2/c1-2-27-13-9-7-12(8-10-13)19-18-17(14-5-3-4-6-16(14)22)15(11-23)20(24)28-21(18)26-25-19/h3-10,17H,2,24H2,1H3,(H,25,26)/t17-/m0/s1. The summed E-state index contributed by atoms with van der Waals surface area (Å²) in [6.45, 7) is 2.48. The topological polar surface area (TPSA) is 97.0 Å². The van der Waals surface area contributed by atoms with Gasteiger partial charge >= 0.3 is 0 Å². The SMILES string of the molecule is CCOc1ccc(-c2[nH]nc3c2[C@@H](c2ccccc2F)C(C#N)=C(N)O3)cc1. The van der Waals surface area contributed by atoms with E-state index in [4.69, 9.17) is 15.2 Å². The van der Waals surface area contributed by atoms with Gasteiger partial charge in [-0.3, -0.25) is 5.10 Å². The Balaban J connectivity index is 1.89. The van der Waals surface area contributed by atoms with Crippen LogP contribution in [0.5, 0.6) is 11.6 Å². The normalized spacial score (nSPS) is 15.5. The van der Waals surface area contributed by atoms with Crippen LogP contribution in [0.1, 0.15) is 24.0 Å². The minimum atomic E-state index is -0.727. The molecule has 4 rings (SSSR count). The van der Waals surface area contributed by atoms with E-state index in [1.165, 1.54) is 6.07 Å². The molecule has 3 aromatic rings. The van der Waals surface area contributed by atoms with Crippen molar-refractivity contribution in [1.29, 1.82) is 5.26 Å². The number of allylic oxidation sites excluding steroid dienone is 1. The molecule has 28 heavy (non-hydrogen) atoms. The van der Waals surface area contributed by atoms with Gasteiger partial charge in [-0.25, -0.2) is 4.39 Å². The van der Waals surface area contributed by atoms with E-state index in [-0.39, 0.29) is 17.3 Å². The first-order valence-electron chi connectivity index (χ1n) is 8.77. The lowest BCUT2D eigenvalue weighted by molar-refractivity contribution is 0.340. The van der Waals surface area contributed by atoms with Crippen LogP contribution in [0.2, 0.25) is 0 Å². The molecule has 7 heteroatoms. The highest BCUT2D eigenvalue weighted by Crippen LogP contribution is 2.46. The van der Waals surface area contributed by atoms with Crippen molar-refractivity contribution < 1.29 is 13.9 Å². The number of fused-ring (bicyclic) bond motifs is 1. The molecule has 0 radical (unpaired) electrons. The van der Waals surface area contributed by atoms with Gasteiger partial charge in [-0.05, 0) is 37.3 Å². The van der Waals surface area contributed by atoms with E-state index >= 15 is 0 Å². The third kappa shape index (κ3) is 2.85. The minimum absolute atomic E-state index is 0.0759. The van der Waals surface area contributed by atoms with Crippen LogP contribution in [-0.4, -0.2) is 16.8 Å². The number of halogens is 1. The van der Waals surface area contributed by atoms with Crippen LogP contribution in [0.25, 0.3) is 11.3 Å². The van der Waals surface area contributed by atoms with E-state index in [1.807, 2.05) is 31.2 Å². The largest absolute Gasteiger partial charge is 0.494 e. The van der Waals surface area contributed by atoms with Crippen LogP contribution in [0, 0.1) is 17.1 Å². The third-order valence-corrected chi connectivity index (χ3v) is 4.61. The Bertz CT molecular complexity index is 1100. The number of benzene rings is 2. The van der Waals surface area contributed by atoms with Crippen molar-refractivity contribution in [2.24, 2.45) is 5.73 Å². The maximum atomic E-state index is 14.6. The molecule has 2 aromatic carbocycles. The summed E-state index contributed by atoms with van der Waals surface area (Å²) in [6, 6.07) is 15.8. The van der Waals surface area contributed by atoms with Gasteiger partial charge in [0.2, 0.25) is 11.8 Å². The number of aromatic amines is 1. The fraction of sp³-hybridized carbons (Fsp3) is 0.143. The molecule has 2 heterocycles. The Morgan fingerprint density at radius 1 is 1.25 bits per heavy atom. The zero-order valence-corrected chi connectivity index (χ0v) is 15.1. The average molecular weight is 376 g/mol. The lowest BCUT2D eigenvalue weighted by Crippen LogP contribution is -2.21. The molecule has 0 saturated carbocycles. The first kappa shape index (κ1) is 17.6. The molecule has 140 valence electrons. The van der Waals surface area contributed by atoms with Gasteiger partial charge in [-0.2, -0.15) is 5.26 Å². The van der Waals surface area contributed by atoms with Gasteiger partial charge in [-0.15, -0.1) is 5.10 Å². The Hall–Kier alpha value is -3.79. The fourth-order valence-electron chi connectivity index (χ4n) is 3.37. The molecular formula is C21H17FN4O2. The van der Waals surface area contributed by atoms with Crippen LogP contribution in [0.3, 0.4) is 0 Å². The second-order valence-corrected chi connectivity index (χ2v) is 6.22. The van der Waals surface area contributed by atoms with E-state index in [2.05, 4.69) is 16.3 Å². The monoisotopic (exact) mass is 376 g/mol. The molecular weight excluding hydrogens is 359 g/mol. The van der Waals surface area contributed by atoms with Gasteiger partial charge in [-0.1, -0.05) is 18.2 Å². The van der Waals surface area contributed by atoms with E-state index in [0.29, 0.717) is 23.4 Å². The Labute approximate surface area is 161 Å². The van der Waals surface area contributed by atoms with Gasteiger partial charge in [0.25, 0.3) is 0 Å². The molecule has 0 spiro atoms. The van der Waals surface area contributed by atoms with E-state index in [9.17, 15) is 9.65 Å². The number of hydrogen-bond acceptors (Lipinski definition) is 5. The van der Waals surface area contributed by atoms with Gasteiger partial charge in [0.1, 0.15) is 23.2 Å². The number of nitriles is 1. The van der Waals surface area contributed by atoms with Gasteiger partial charge < -0.3 is 15.2 Å². The first-order chi connectivity index (χ1) is 13.6. The second-order valence-electron chi connectivity index (χ2n) is 6.22.